The van der Waals surface area contributed by atoms with Gasteiger partial charge in [0.05, 0.1) is 20.3 Å². The molecule has 1 fully saturated rings. The van der Waals surface area contributed by atoms with Gasteiger partial charge in [-0.3, -0.25) is 0 Å². The molecule has 0 aromatic carbocycles. The quantitative estimate of drug-likeness (QED) is 0.838. The van der Waals surface area contributed by atoms with Gasteiger partial charge in [-0.15, -0.1) is 0 Å². The number of methoxy groups -OCH3 is 1. The van der Waals surface area contributed by atoms with E-state index in [0.717, 1.165) is 0 Å². The summed E-state index contributed by atoms with van der Waals surface area (Å²) in [6.07, 6.45) is -1.17. The highest BCUT2D eigenvalue weighted by atomic mass is 79.9. The van der Waals surface area contributed by atoms with Crippen molar-refractivity contribution in [2.45, 2.75) is 31.5 Å². The third-order valence-electron chi connectivity index (χ3n) is 3.32. The number of hydrogen-bond acceptors (Lipinski definition) is 4. The lowest BCUT2D eigenvalue weighted by atomic mass is 9.81. The molecule has 7 heteroatoms. The molecular weight excluding hydrogens is 336 g/mol. The summed E-state index contributed by atoms with van der Waals surface area (Å²) >= 11 is 3.24. The zero-order chi connectivity index (χ0) is 15.0. The summed E-state index contributed by atoms with van der Waals surface area (Å²) < 4.78 is 44.0. The Bertz CT molecular complexity index is 487. The summed E-state index contributed by atoms with van der Waals surface area (Å²) in [4.78, 5) is 4.02. The van der Waals surface area contributed by atoms with E-state index in [1.165, 1.54) is 13.3 Å². The zero-order valence-corrected chi connectivity index (χ0v) is 13.0. The molecule has 2 heterocycles. The van der Waals surface area contributed by atoms with Crippen molar-refractivity contribution in [2.24, 2.45) is 0 Å². The highest BCUT2D eigenvalue weighted by Gasteiger charge is 2.50. The van der Waals surface area contributed by atoms with Gasteiger partial charge in [-0.1, -0.05) is 0 Å². The predicted octanol–water partition coefficient (Wildman–Crippen LogP) is 3.14. The predicted molar refractivity (Wildman–Crippen MR) is 72.2 cm³/mol. The second kappa shape index (κ2) is 5.54. The van der Waals surface area contributed by atoms with Gasteiger partial charge in [0.15, 0.2) is 5.79 Å². The minimum absolute atomic E-state index is 0.153. The summed E-state index contributed by atoms with van der Waals surface area (Å²) in [7, 11) is 1.40. The van der Waals surface area contributed by atoms with Crippen molar-refractivity contribution < 1.29 is 23.0 Å². The molecule has 2 rings (SSSR count). The van der Waals surface area contributed by atoms with Crippen LogP contribution in [0.4, 0.5) is 8.78 Å². The summed E-state index contributed by atoms with van der Waals surface area (Å²) in [5.74, 6) is -0.717. The van der Waals surface area contributed by atoms with Crippen LogP contribution in [0, 0.1) is 0 Å². The fourth-order valence-electron chi connectivity index (χ4n) is 2.03. The molecule has 1 aliphatic rings. The zero-order valence-electron chi connectivity index (χ0n) is 11.5. The average Bonchev–Trinajstić information content (AvgIpc) is 2.39. The van der Waals surface area contributed by atoms with Gasteiger partial charge in [0.1, 0.15) is 5.41 Å². The van der Waals surface area contributed by atoms with Crippen LogP contribution in [0.25, 0.3) is 0 Å². The maximum Gasteiger partial charge on any atom is 0.252 e. The van der Waals surface area contributed by atoms with Crippen LogP contribution in [0.15, 0.2) is 16.7 Å². The molecule has 1 aliphatic heterocycles. The number of rotatable bonds is 3. The SMILES string of the molecule is COc1ncc(Br)cc1C1(C(F)F)COC(C)(C)OC1. The number of nitrogens with zero attached hydrogens (tertiary/aromatic N) is 1. The minimum atomic E-state index is -2.66. The van der Waals surface area contributed by atoms with Gasteiger partial charge in [-0.05, 0) is 35.8 Å². The number of alkyl halides is 2. The Balaban J connectivity index is 2.47. The summed E-state index contributed by atoms with van der Waals surface area (Å²) in [6, 6.07) is 1.57. The fourth-order valence-corrected chi connectivity index (χ4v) is 2.36. The van der Waals surface area contributed by atoms with Crippen LogP contribution < -0.4 is 4.74 Å². The highest BCUT2D eigenvalue weighted by molar-refractivity contribution is 9.10. The molecule has 0 atom stereocenters. The molecule has 1 aromatic rings. The van der Waals surface area contributed by atoms with E-state index >= 15 is 0 Å². The van der Waals surface area contributed by atoms with Crippen molar-refractivity contribution in [3.8, 4) is 5.88 Å². The minimum Gasteiger partial charge on any atom is -0.481 e. The first-order chi connectivity index (χ1) is 9.31. The maximum absolute atomic E-state index is 13.7. The van der Waals surface area contributed by atoms with Crippen molar-refractivity contribution >= 4 is 15.9 Å². The van der Waals surface area contributed by atoms with Crippen LogP contribution in [0.3, 0.4) is 0 Å². The van der Waals surface area contributed by atoms with Crippen molar-refractivity contribution in [3.05, 3.63) is 22.3 Å². The normalized spacial score (nSPS) is 20.9. The topological polar surface area (TPSA) is 40.6 Å². The van der Waals surface area contributed by atoms with Crippen molar-refractivity contribution in [2.75, 3.05) is 20.3 Å². The molecular formula is C13H16BrF2NO3. The molecule has 0 amide bonds. The third-order valence-corrected chi connectivity index (χ3v) is 3.75. The molecule has 0 bridgehead atoms. The van der Waals surface area contributed by atoms with Crippen molar-refractivity contribution in [1.29, 1.82) is 0 Å². The van der Waals surface area contributed by atoms with E-state index in [1.54, 1.807) is 19.9 Å². The Kier molecular flexibility index (Phi) is 4.32. The van der Waals surface area contributed by atoms with Crippen LogP contribution in [-0.2, 0) is 14.9 Å². The van der Waals surface area contributed by atoms with Crippen LogP contribution >= 0.6 is 15.9 Å². The number of hydrogen-bond donors (Lipinski definition) is 0. The van der Waals surface area contributed by atoms with E-state index in [9.17, 15) is 8.78 Å². The molecule has 112 valence electrons. The first-order valence-electron chi connectivity index (χ1n) is 6.07. The Morgan fingerprint density at radius 2 is 1.95 bits per heavy atom. The van der Waals surface area contributed by atoms with E-state index in [4.69, 9.17) is 14.2 Å². The number of halogens is 3. The molecule has 0 aliphatic carbocycles. The fraction of sp³-hybridized carbons (Fsp3) is 0.615. The van der Waals surface area contributed by atoms with E-state index < -0.39 is 17.6 Å². The molecule has 0 N–H and O–H groups in total. The Morgan fingerprint density at radius 1 is 1.35 bits per heavy atom. The summed E-state index contributed by atoms with van der Waals surface area (Å²) in [6.45, 7) is 3.07. The van der Waals surface area contributed by atoms with Gasteiger partial charge in [-0.25, -0.2) is 13.8 Å². The van der Waals surface area contributed by atoms with E-state index in [2.05, 4.69) is 20.9 Å². The average molecular weight is 352 g/mol. The standard InChI is InChI=1S/C13H16BrF2NO3/c1-12(2)19-6-13(7-20-12,11(15)16)9-4-8(14)5-17-10(9)18-3/h4-5,11H,6-7H2,1-3H3. The molecule has 20 heavy (non-hydrogen) atoms. The van der Waals surface area contributed by atoms with E-state index in [0.29, 0.717) is 4.47 Å². The summed E-state index contributed by atoms with van der Waals surface area (Å²) in [5, 5.41) is 0. The lowest BCUT2D eigenvalue weighted by Crippen LogP contribution is -2.53. The molecule has 4 nitrogen and oxygen atoms in total. The number of ether oxygens (including phenoxy) is 3. The largest absolute Gasteiger partial charge is 0.481 e. The molecule has 1 saturated heterocycles. The molecule has 0 unspecified atom stereocenters. The molecule has 1 aromatic heterocycles. The van der Waals surface area contributed by atoms with E-state index in [-0.39, 0.29) is 24.7 Å². The summed E-state index contributed by atoms with van der Waals surface area (Å²) in [5.41, 5.74) is -1.31. The number of aromatic nitrogens is 1. The van der Waals surface area contributed by atoms with Gasteiger partial charge in [0.25, 0.3) is 6.43 Å². The Hall–Kier alpha value is -0.790. The Morgan fingerprint density at radius 3 is 2.45 bits per heavy atom. The lowest BCUT2D eigenvalue weighted by molar-refractivity contribution is -0.283. The molecule has 0 radical (unpaired) electrons. The highest BCUT2D eigenvalue weighted by Crippen LogP contribution is 2.42. The molecule has 0 saturated carbocycles. The second-order valence-electron chi connectivity index (χ2n) is 5.14. The van der Waals surface area contributed by atoms with Crippen molar-refractivity contribution in [3.63, 3.8) is 0 Å². The second-order valence-corrected chi connectivity index (χ2v) is 6.06. The van der Waals surface area contributed by atoms with E-state index in [1.807, 2.05) is 0 Å². The van der Waals surface area contributed by atoms with Gasteiger partial charge in [-0.2, -0.15) is 0 Å². The van der Waals surface area contributed by atoms with Gasteiger partial charge < -0.3 is 14.2 Å². The monoisotopic (exact) mass is 351 g/mol. The number of pyridine rings is 1. The first-order valence-corrected chi connectivity index (χ1v) is 6.86. The van der Waals surface area contributed by atoms with Crippen LogP contribution in [0.5, 0.6) is 5.88 Å². The van der Waals surface area contributed by atoms with Gasteiger partial charge >= 0.3 is 0 Å². The smallest absolute Gasteiger partial charge is 0.252 e. The van der Waals surface area contributed by atoms with Gasteiger partial charge in [0.2, 0.25) is 5.88 Å². The van der Waals surface area contributed by atoms with Crippen LogP contribution in [-0.4, -0.2) is 37.5 Å². The van der Waals surface area contributed by atoms with Crippen molar-refractivity contribution in [1.82, 2.24) is 4.98 Å². The molecule has 0 spiro atoms. The van der Waals surface area contributed by atoms with Crippen LogP contribution in [0.1, 0.15) is 19.4 Å². The Labute approximate surface area is 124 Å². The first kappa shape index (κ1) is 15.6. The lowest BCUT2D eigenvalue weighted by Gasteiger charge is -2.43. The van der Waals surface area contributed by atoms with Gasteiger partial charge in [0, 0.05) is 16.2 Å². The maximum atomic E-state index is 13.7. The third kappa shape index (κ3) is 2.80. The van der Waals surface area contributed by atoms with Crippen LogP contribution in [0.2, 0.25) is 0 Å².